The average Bonchev–Trinajstić information content (AvgIpc) is 3.35. The van der Waals surface area contributed by atoms with E-state index >= 15 is 0 Å². The van der Waals surface area contributed by atoms with Crippen LogP contribution in [0.5, 0.6) is 0 Å². The van der Waals surface area contributed by atoms with Gasteiger partial charge < -0.3 is 4.42 Å². The van der Waals surface area contributed by atoms with Crippen molar-refractivity contribution in [3.63, 3.8) is 0 Å². The Kier molecular flexibility index (Phi) is 5.60. The molecule has 0 spiro atoms. The maximum absolute atomic E-state index is 13.4. The Morgan fingerprint density at radius 1 is 1.12 bits per heavy atom. The minimum Gasteiger partial charge on any atom is -0.457 e. The van der Waals surface area contributed by atoms with Gasteiger partial charge in [-0.3, -0.25) is 15.0 Å². The van der Waals surface area contributed by atoms with Gasteiger partial charge in [0.05, 0.1) is 20.4 Å². The zero-order chi connectivity index (χ0) is 23.6. The number of hydrogen-bond donors (Lipinski definition) is 1. The Morgan fingerprint density at radius 2 is 1.79 bits per heavy atom. The molecule has 1 N–H and O–H groups in total. The minimum atomic E-state index is -0.353. The lowest BCUT2D eigenvalue weighted by Crippen LogP contribution is -2.57. The molecule has 5 aliphatic rings. The van der Waals surface area contributed by atoms with Gasteiger partial charge in [-0.25, -0.2) is 0 Å². The Balaban J connectivity index is 1.19. The topological polar surface area (TPSA) is 62.6 Å². The monoisotopic (exact) mass is 532 g/mol. The lowest BCUT2D eigenvalue weighted by atomic mass is 9.49. The number of halogens is 2. The first-order valence-corrected chi connectivity index (χ1v) is 13.4. The predicted molar refractivity (Wildman–Crippen MR) is 138 cm³/mol. The van der Waals surface area contributed by atoms with Crippen LogP contribution in [0.4, 0.5) is 0 Å². The van der Waals surface area contributed by atoms with Crippen LogP contribution in [0.3, 0.4) is 0 Å². The molecule has 5 nitrogen and oxygen atoms in total. The summed E-state index contributed by atoms with van der Waals surface area (Å²) in [6, 6.07) is 8.85. The summed E-state index contributed by atoms with van der Waals surface area (Å²) in [5.74, 6) is 2.56. The molecule has 7 rings (SSSR count). The number of benzene rings is 1. The largest absolute Gasteiger partial charge is 0.457 e. The van der Waals surface area contributed by atoms with Crippen LogP contribution in [-0.4, -0.2) is 21.1 Å². The van der Waals surface area contributed by atoms with Gasteiger partial charge in [0.2, 0.25) is 5.91 Å². The fourth-order valence-electron chi connectivity index (χ4n) is 6.57. The van der Waals surface area contributed by atoms with E-state index < -0.39 is 0 Å². The second kappa shape index (κ2) is 8.40. The summed E-state index contributed by atoms with van der Waals surface area (Å²) in [4.78, 5) is 26.9. The third-order valence-electron chi connectivity index (χ3n) is 7.64. The van der Waals surface area contributed by atoms with Gasteiger partial charge in [0.15, 0.2) is 4.32 Å². The zero-order valence-electron chi connectivity index (χ0n) is 18.2. The van der Waals surface area contributed by atoms with Crippen molar-refractivity contribution in [3.8, 4) is 11.3 Å². The highest BCUT2D eigenvalue weighted by Gasteiger charge is 2.55. The Hall–Kier alpha value is -1.80. The van der Waals surface area contributed by atoms with E-state index in [-0.39, 0.29) is 17.2 Å². The second-order valence-corrected chi connectivity index (χ2v) is 12.4. The molecule has 9 heteroatoms. The maximum atomic E-state index is 13.4. The molecule has 2 amide bonds. The van der Waals surface area contributed by atoms with Crippen molar-refractivity contribution < 1.29 is 14.0 Å². The number of amides is 2. The highest BCUT2D eigenvalue weighted by Crippen LogP contribution is 2.60. The number of carbonyl (C=O) groups is 2. The fraction of sp³-hybridized carbons (Fsp3) is 0.400. The summed E-state index contributed by atoms with van der Waals surface area (Å²) in [5.41, 5.74) is 3.19. The Morgan fingerprint density at radius 3 is 2.47 bits per heavy atom. The third-order valence-corrected chi connectivity index (χ3v) is 9.77. The quantitative estimate of drug-likeness (QED) is 0.350. The Bertz CT molecular complexity index is 1220. The molecule has 4 saturated carbocycles. The molecular formula is C25H22Cl2N2O3S2. The summed E-state index contributed by atoms with van der Waals surface area (Å²) in [6.45, 7) is 0. The number of thioether (sulfide) groups is 1. The molecule has 2 heterocycles. The van der Waals surface area contributed by atoms with Crippen LogP contribution >= 0.6 is 47.2 Å². The number of furan rings is 1. The number of nitrogens with zero attached hydrogens (tertiary/aromatic N) is 1. The number of nitrogens with one attached hydrogen (secondary N) is 1. The normalized spacial score (nSPS) is 31.1. The van der Waals surface area contributed by atoms with Gasteiger partial charge >= 0.3 is 0 Å². The van der Waals surface area contributed by atoms with Crippen LogP contribution in [0.15, 0.2) is 39.7 Å². The molecule has 2 aromatic rings. The maximum Gasteiger partial charge on any atom is 0.285 e. The van der Waals surface area contributed by atoms with Crippen molar-refractivity contribution in [1.29, 1.82) is 0 Å². The summed E-state index contributed by atoms with van der Waals surface area (Å²) in [5, 5.41) is 2.07. The first-order chi connectivity index (χ1) is 16.3. The molecule has 4 bridgehead atoms. The molecule has 5 fully saturated rings. The summed E-state index contributed by atoms with van der Waals surface area (Å²) in [6.07, 6.45) is 8.17. The smallest absolute Gasteiger partial charge is 0.285 e. The Labute approximate surface area is 217 Å². The highest BCUT2D eigenvalue weighted by atomic mass is 35.5. The summed E-state index contributed by atoms with van der Waals surface area (Å²) >= 11 is 19.0. The summed E-state index contributed by atoms with van der Waals surface area (Å²) in [7, 11) is 0. The summed E-state index contributed by atoms with van der Waals surface area (Å²) < 4.78 is 6.22. The van der Waals surface area contributed by atoms with Crippen LogP contribution in [-0.2, 0) is 9.59 Å². The molecule has 4 aliphatic carbocycles. The number of carbonyl (C=O) groups excluding carboxylic acids is 2. The predicted octanol–water partition coefficient (Wildman–Crippen LogP) is 6.70. The number of hydrogen-bond acceptors (Lipinski definition) is 5. The molecule has 176 valence electrons. The van der Waals surface area contributed by atoms with E-state index in [1.54, 1.807) is 30.3 Å². The van der Waals surface area contributed by atoms with Crippen LogP contribution in [0.2, 0.25) is 10.0 Å². The van der Waals surface area contributed by atoms with Gasteiger partial charge in [-0.15, -0.1) is 0 Å². The van der Waals surface area contributed by atoms with E-state index in [0.29, 0.717) is 54.1 Å². The van der Waals surface area contributed by atoms with Crippen molar-refractivity contribution in [1.82, 2.24) is 10.4 Å². The second-order valence-electron chi connectivity index (χ2n) is 9.96. The molecular weight excluding hydrogens is 511 g/mol. The first-order valence-electron chi connectivity index (χ1n) is 11.4. The van der Waals surface area contributed by atoms with E-state index in [4.69, 9.17) is 39.8 Å². The molecule has 0 atom stereocenters. The molecule has 1 aliphatic heterocycles. The molecule has 0 unspecified atom stereocenters. The van der Waals surface area contributed by atoms with E-state index in [2.05, 4.69) is 5.43 Å². The average molecular weight is 534 g/mol. The van der Waals surface area contributed by atoms with Crippen molar-refractivity contribution in [3.05, 3.63) is 51.0 Å². The van der Waals surface area contributed by atoms with Gasteiger partial charge in [0, 0.05) is 11.6 Å². The molecule has 1 aromatic heterocycles. The number of rotatable bonds is 4. The number of hydrazine groups is 1. The third kappa shape index (κ3) is 3.81. The standard InChI is InChI=1S/C25H22Cl2N2O3S2/c26-18-3-1-2-17(21(18)27)19-5-4-16(32-19)9-20-22(30)29(24(33)34-20)28-23(31)25-10-13-6-14(11-25)8-15(7-13)12-25/h1-5,9,13-15H,6-8,10-12H2,(H,28,31)/b20-9+. The van der Waals surface area contributed by atoms with Crippen LogP contribution in [0.25, 0.3) is 17.4 Å². The van der Waals surface area contributed by atoms with Crippen molar-refractivity contribution in [2.24, 2.45) is 23.2 Å². The van der Waals surface area contributed by atoms with Crippen LogP contribution < -0.4 is 5.43 Å². The lowest BCUT2D eigenvalue weighted by Gasteiger charge is -2.55. The van der Waals surface area contributed by atoms with Crippen molar-refractivity contribution in [2.75, 3.05) is 0 Å². The van der Waals surface area contributed by atoms with Gasteiger partial charge in [0.25, 0.3) is 5.91 Å². The lowest BCUT2D eigenvalue weighted by molar-refractivity contribution is -0.152. The van der Waals surface area contributed by atoms with E-state index in [0.717, 1.165) is 31.0 Å². The highest BCUT2D eigenvalue weighted by molar-refractivity contribution is 8.26. The SMILES string of the molecule is O=C1/C(=C\c2ccc(-c3cccc(Cl)c3Cl)o2)SC(=S)N1NC(=O)C12CC3CC(CC(C3)C1)C2. The minimum absolute atomic E-state index is 0.0555. The van der Waals surface area contributed by atoms with Gasteiger partial charge in [-0.2, -0.15) is 5.01 Å². The zero-order valence-corrected chi connectivity index (χ0v) is 21.3. The van der Waals surface area contributed by atoms with Crippen LogP contribution in [0, 0.1) is 23.2 Å². The van der Waals surface area contributed by atoms with Gasteiger partial charge in [-0.1, -0.05) is 41.0 Å². The first kappa shape index (κ1) is 22.7. The molecule has 0 radical (unpaired) electrons. The van der Waals surface area contributed by atoms with Gasteiger partial charge in [-0.05, 0) is 92.8 Å². The van der Waals surface area contributed by atoms with E-state index in [1.807, 2.05) is 6.07 Å². The van der Waals surface area contributed by atoms with E-state index in [1.165, 1.54) is 24.3 Å². The van der Waals surface area contributed by atoms with Crippen molar-refractivity contribution >= 4 is 69.4 Å². The van der Waals surface area contributed by atoms with E-state index in [9.17, 15) is 9.59 Å². The van der Waals surface area contributed by atoms with Crippen LogP contribution in [0.1, 0.15) is 44.3 Å². The molecule has 34 heavy (non-hydrogen) atoms. The van der Waals surface area contributed by atoms with Crippen molar-refractivity contribution in [2.45, 2.75) is 38.5 Å². The molecule has 1 saturated heterocycles. The fourth-order valence-corrected chi connectivity index (χ4v) is 8.12. The van der Waals surface area contributed by atoms with Gasteiger partial charge in [0.1, 0.15) is 11.5 Å². The molecule has 1 aromatic carbocycles. The number of thiocarbonyl (C=S) groups is 1.